The summed E-state index contributed by atoms with van der Waals surface area (Å²) < 4.78 is 4.77. The highest BCUT2D eigenvalue weighted by molar-refractivity contribution is 6.40. The molecule has 0 aliphatic carbocycles. The zero-order chi connectivity index (χ0) is 15.2. The number of esters is 1. The molecule has 2 aromatic rings. The predicted molar refractivity (Wildman–Crippen MR) is 81.4 cm³/mol. The van der Waals surface area contributed by atoms with Crippen molar-refractivity contribution in [2.75, 3.05) is 6.61 Å². The molecule has 0 amide bonds. The van der Waals surface area contributed by atoms with Crippen LogP contribution in [0.1, 0.15) is 34.0 Å². The third-order valence-corrected chi connectivity index (χ3v) is 3.11. The number of Topliss-reactive ketones (excluding diaryl/α,β-unsaturated/α-hetero) is 1. The van der Waals surface area contributed by atoms with Gasteiger partial charge in [-0.1, -0.05) is 42.0 Å². The average molecular weight is 282 g/mol. The molecule has 0 fully saturated rings. The minimum Gasteiger partial charge on any atom is -0.460 e. The van der Waals surface area contributed by atoms with Gasteiger partial charge in [-0.15, -0.1) is 0 Å². The third-order valence-electron chi connectivity index (χ3n) is 3.11. The predicted octanol–water partition coefficient (Wildman–Crippen LogP) is 3.33. The van der Waals surface area contributed by atoms with Crippen molar-refractivity contribution in [2.24, 2.45) is 0 Å². The fraction of sp³-hybridized carbons (Fsp3) is 0.222. The summed E-state index contributed by atoms with van der Waals surface area (Å²) >= 11 is 0. The highest BCUT2D eigenvalue weighted by Crippen LogP contribution is 2.15. The third kappa shape index (κ3) is 4.02. The maximum Gasteiger partial charge on any atom is 0.379 e. The second-order valence-corrected chi connectivity index (χ2v) is 4.92. The Morgan fingerprint density at radius 3 is 2.38 bits per heavy atom. The maximum atomic E-state index is 12.0. The van der Waals surface area contributed by atoms with Crippen LogP contribution >= 0.6 is 0 Å². The van der Waals surface area contributed by atoms with Gasteiger partial charge in [-0.05, 0) is 43.5 Å². The smallest absolute Gasteiger partial charge is 0.379 e. The lowest BCUT2D eigenvalue weighted by Gasteiger charge is -2.07. The van der Waals surface area contributed by atoms with Crippen molar-refractivity contribution in [3.8, 4) is 0 Å². The monoisotopic (exact) mass is 282 g/mol. The first-order valence-corrected chi connectivity index (χ1v) is 6.96. The topological polar surface area (TPSA) is 43.4 Å². The number of hydrogen-bond donors (Lipinski definition) is 0. The van der Waals surface area contributed by atoms with Gasteiger partial charge < -0.3 is 4.74 Å². The second-order valence-electron chi connectivity index (χ2n) is 4.92. The normalized spacial score (nSPS) is 10.2. The molecule has 0 bridgehead atoms. The molecule has 0 aliphatic rings. The molecule has 0 unspecified atom stereocenters. The zero-order valence-corrected chi connectivity index (χ0v) is 12.3. The average Bonchev–Trinajstić information content (AvgIpc) is 2.47. The molecule has 21 heavy (non-hydrogen) atoms. The molecule has 2 rings (SSSR count). The summed E-state index contributed by atoms with van der Waals surface area (Å²) in [6.45, 7) is 3.80. The Kier molecular flexibility index (Phi) is 4.88. The summed E-state index contributed by atoms with van der Waals surface area (Å²) in [5.74, 6) is -1.39. The fourth-order valence-corrected chi connectivity index (χ4v) is 2.24. The highest BCUT2D eigenvalue weighted by atomic mass is 16.5. The van der Waals surface area contributed by atoms with Gasteiger partial charge in [0.25, 0.3) is 5.78 Å². The van der Waals surface area contributed by atoms with Crippen molar-refractivity contribution in [3.63, 3.8) is 0 Å². The van der Waals surface area contributed by atoms with Crippen LogP contribution in [-0.2, 0) is 16.0 Å². The van der Waals surface area contributed by atoms with Crippen molar-refractivity contribution < 1.29 is 14.3 Å². The number of carbonyl (C=O) groups is 2. The van der Waals surface area contributed by atoms with Crippen molar-refractivity contribution in [1.29, 1.82) is 0 Å². The van der Waals surface area contributed by atoms with Gasteiger partial charge in [0.2, 0.25) is 0 Å². The molecular weight excluding hydrogens is 264 g/mol. The number of aryl methyl sites for hydroxylation is 1. The van der Waals surface area contributed by atoms with E-state index in [0.29, 0.717) is 5.56 Å². The quantitative estimate of drug-likeness (QED) is 0.480. The Balaban J connectivity index is 2.25. The summed E-state index contributed by atoms with van der Waals surface area (Å²) in [6.07, 6.45) is 0.728. The Morgan fingerprint density at radius 1 is 1.00 bits per heavy atom. The molecule has 0 heterocycles. The van der Waals surface area contributed by atoms with Gasteiger partial charge in [0.15, 0.2) is 0 Å². The molecule has 3 nitrogen and oxygen atoms in total. The molecule has 0 radical (unpaired) electrons. The molecule has 3 heteroatoms. The lowest BCUT2D eigenvalue weighted by molar-refractivity contribution is -0.137. The van der Waals surface area contributed by atoms with E-state index in [4.69, 9.17) is 4.74 Å². The summed E-state index contributed by atoms with van der Waals surface area (Å²) in [4.78, 5) is 23.6. The number of ether oxygens (including phenoxy) is 1. The second kappa shape index (κ2) is 6.84. The Hall–Kier alpha value is -2.42. The maximum absolute atomic E-state index is 12.0. The lowest BCUT2D eigenvalue weighted by Crippen LogP contribution is -2.17. The first-order valence-electron chi connectivity index (χ1n) is 6.96. The van der Waals surface area contributed by atoms with Crippen molar-refractivity contribution in [3.05, 3.63) is 70.8 Å². The van der Waals surface area contributed by atoms with Crippen molar-refractivity contribution in [2.45, 2.75) is 20.3 Å². The van der Waals surface area contributed by atoms with Crippen LogP contribution in [0.25, 0.3) is 0 Å². The van der Waals surface area contributed by atoms with Gasteiger partial charge in [-0.3, -0.25) is 4.79 Å². The van der Waals surface area contributed by atoms with E-state index >= 15 is 0 Å². The summed E-state index contributed by atoms with van der Waals surface area (Å²) in [5.41, 5.74) is 3.52. The Labute approximate surface area is 124 Å². The molecule has 0 spiro atoms. The van der Waals surface area contributed by atoms with Gasteiger partial charge in [0.05, 0.1) is 6.61 Å². The number of hydrogen-bond acceptors (Lipinski definition) is 3. The minimum absolute atomic E-state index is 0.202. The molecular formula is C18H18O3. The number of ketones is 1. The van der Waals surface area contributed by atoms with E-state index in [9.17, 15) is 9.59 Å². The van der Waals surface area contributed by atoms with E-state index in [1.165, 1.54) is 0 Å². The van der Waals surface area contributed by atoms with Gasteiger partial charge in [-0.2, -0.15) is 0 Å². The van der Waals surface area contributed by atoms with Crippen molar-refractivity contribution in [1.82, 2.24) is 0 Å². The summed E-state index contributed by atoms with van der Waals surface area (Å²) in [7, 11) is 0. The molecule has 0 saturated heterocycles. The first-order chi connectivity index (χ1) is 10.1. The van der Waals surface area contributed by atoms with Crippen LogP contribution in [0, 0.1) is 6.92 Å². The van der Waals surface area contributed by atoms with Crippen LogP contribution in [0.4, 0.5) is 0 Å². The highest BCUT2D eigenvalue weighted by Gasteiger charge is 2.18. The van der Waals surface area contributed by atoms with Gasteiger partial charge in [0.1, 0.15) is 0 Å². The fourth-order valence-electron chi connectivity index (χ4n) is 2.24. The minimum atomic E-state index is -0.797. The van der Waals surface area contributed by atoms with Crippen LogP contribution in [0.15, 0.2) is 48.5 Å². The largest absolute Gasteiger partial charge is 0.460 e. The molecule has 0 N–H and O–H groups in total. The van der Waals surface area contributed by atoms with E-state index in [1.807, 2.05) is 43.3 Å². The van der Waals surface area contributed by atoms with Crippen LogP contribution < -0.4 is 0 Å². The van der Waals surface area contributed by atoms with Crippen LogP contribution in [0.5, 0.6) is 0 Å². The number of rotatable bonds is 5. The van der Waals surface area contributed by atoms with E-state index in [0.717, 1.165) is 23.1 Å². The molecule has 0 atom stereocenters. The molecule has 0 aromatic heterocycles. The number of carbonyl (C=O) groups excluding carboxylic acids is 2. The molecule has 2 aromatic carbocycles. The van der Waals surface area contributed by atoms with Gasteiger partial charge in [0, 0.05) is 5.56 Å². The van der Waals surface area contributed by atoms with E-state index < -0.39 is 11.8 Å². The summed E-state index contributed by atoms with van der Waals surface area (Å²) in [6, 6.07) is 15.5. The van der Waals surface area contributed by atoms with E-state index in [1.54, 1.807) is 19.1 Å². The summed E-state index contributed by atoms with van der Waals surface area (Å²) in [5, 5.41) is 0. The van der Waals surface area contributed by atoms with Gasteiger partial charge in [-0.25, -0.2) is 4.79 Å². The standard InChI is InChI=1S/C18H18O3/c1-3-21-18(20)17(19)16-10-13(2)9-15(12-16)11-14-7-5-4-6-8-14/h4-10,12H,3,11H2,1-2H3. The Bertz CT molecular complexity index is 645. The molecule has 0 saturated carbocycles. The lowest BCUT2D eigenvalue weighted by atomic mass is 9.98. The van der Waals surface area contributed by atoms with Crippen LogP contribution in [0.2, 0.25) is 0 Å². The van der Waals surface area contributed by atoms with E-state index in [2.05, 4.69) is 0 Å². The molecule has 108 valence electrons. The number of benzene rings is 2. The molecule has 0 aliphatic heterocycles. The van der Waals surface area contributed by atoms with Gasteiger partial charge >= 0.3 is 5.97 Å². The van der Waals surface area contributed by atoms with Crippen LogP contribution in [-0.4, -0.2) is 18.4 Å². The first kappa shape index (κ1) is 15.0. The van der Waals surface area contributed by atoms with Crippen LogP contribution in [0.3, 0.4) is 0 Å². The SMILES string of the molecule is CCOC(=O)C(=O)c1cc(C)cc(Cc2ccccc2)c1. The Morgan fingerprint density at radius 2 is 1.71 bits per heavy atom. The van der Waals surface area contributed by atoms with Crippen molar-refractivity contribution >= 4 is 11.8 Å². The zero-order valence-electron chi connectivity index (χ0n) is 12.3. The van der Waals surface area contributed by atoms with E-state index in [-0.39, 0.29) is 6.61 Å².